The number of hydrogen-bond donors (Lipinski definition) is 1. The van der Waals surface area contributed by atoms with E-state index >= 15 is 0 Å². The number of benzene rings is 1. The molecule has 1 fully saturated rings. The number of nitrogens with one attached hydrogen (secondary N) is 1. The van der Waals surface area contributed by atoms with E-state index < -0.39 is 6.10 Å². The molecule has 1 atom stereocenters. The first-order valence-corrected chi connectivity index (χ1v) is 8.65. The summed E-state index contributed by atoms with van der Waals surface area (Å²) in [7, 11) is 0. The van der Waals surface area contributed by atoms with E-state index in [0.29, 0.717) is 6.54 Å². The van der Waals surface area contributed by atoms with Crippen LogP contribution in [0.25, 0.3) is 0 Å². The van der Waals surface area contributed by atoms with Crippen molar-refractivity contribution in [1.29, 1.82) is 0 Å². The van der Waals surface area contributed by atoms with Gasteiger partial charge in [-0.2, -0.15) is 0 Å². The van der Waals surface area contributed by atoms with E-state index in [1.807, 2.05) is 18.2 Å². The lowest BCUT2D eigenvalue weighted by molar-refractivity contribution is -0.156. The molecule has 136 valence electrons. The van der Waals surface area contributed by atoms with Crippen molar-refractivity contribution in [3.63, 3.8) is 0 Å². The summed E-state index contributed by atoms with van der Waals surface area (Å²) >= 11 is 0. The molecule has 1 aliphatic heterocycles. The lowest BCUT2D eigenvalue weighted by atomic mass is 10.2. The molecule has 0 aromatic heterocycles. The Labute approximate surface area is 149 Å². The highest BCUT2D eigenvalue weighted by Crippen LogP contribution is 2.08. The van der Waals surface area contributed by atoms with Crippen LogP contribution in [0.2, 0.25) is 0 Å². The molecule has 1 aromatic rings. The van der Waals surface area contributed by atoms with Crippen LogP contribution in [0, 0.1) is 0 Å². The zero-order chi connectivity index (χ0) is 18.1. The Morgan fingerprint density at radius 3 is 2.48 bits per heavy atom. The fourth-order valence-electron chi connectivity index (χ4n) is 2.73. The summed E-state index contributed by atoms with van der Waals surface area (Å²) in [6.07, 6.45) is 0.799. The summed E-state index contributed by atoms with van der Waals surface area (Å²) in [4.78, 5) is 28.1. The largest absolute Gasteiger partial charge is 0.452 e. The number of rotatable bonds is 8. The molecule has 0 spiro atoms. The van der Waals surface area contributed by atoms with Crippen LogP contribution in [0.3, 0.4) is 0 Å². The van der Waals surface area contributed by atoms with Gasteiger partial charge in [0.1, 0.15) is 0 Å². The van der Waals surface area contributed by atoms with Crippen molar-refractivity contribution in [2.75, 3.05) is 39.3 Å². The van der Waals surface area contributed by atoms with Crippen LogP contribution in [0.1, 0.15) is 12.5 Å². The van der Waals surface area contributed by atoms with Gasteiger partial charge in [0.15, 0.2) is 6.10 Å². The Morgan fingerprint density at radius 1 is 1.20 bits per heavy atom. The molecule has 0 radical (unpaired) electrons. The fourth-order valence-corrected chi connectivity index (χ4v) is 2.73. The molecule has 1 N–H and O–H groups in total. The van der Waals surface area contributed by atoms with Gasteiger partial charge < -0.3 is 10.1 Å². The van der Waals surface area contributed by atoms with Gasteiger partial charge in [-0.3, -0.25) is 19.4 Å². The molecule has 1 unspecified atom stereocenters. The third-order valence-electron chi connectivity index (χ3n) is 4.16. The van der Waals surface area contributed by atoms with Crippen LogP contribution < -0.4 is 5.32 Å². The lowest BCUT2D eigenvalue weighted by Crippen LogP contribution is -2.48. The topological polar surface area (TPSA) is 61.9 Å². The van der Waals surface area contributed by atoms with E-state index in [9.17, 15) is 9.59 Å². The summed E-state index contributed by atoms with van der Waals surface area (Å²) in [5.74, 6) is -0.668. The van der Waals surface area contributed by atoms with Crippen molar-refractivity contribution < 1.29 is 14.3 Å². The number of piperazine rings is 1. The zero-order valence-electron chi connectivity index (χ0n) is 14.8. The van der Waals surface area contributed by atoms with Crippen LogP contribution in [-0.4, -0.2) is 67.0 Å². The highest BCUT2D eigenvalue weighted by atomic mass is 16.5. The van der Waals surface area contributed by atoms with E-state index in [0.717, 1.165) is 32.7 Å². The zero-order valence-corrected chi connectivity index (χ0v) is 14.8. The maximum absolute atomic E-state index is 12.0. The predicted octanol–water partition coefficient (Wildman–Crippen LogP) is 1.04. The van der Waals surface area contributed by atoms with E-state index in [4.69, 9.17) is 4.74 Å². The minimum Gasteiger partial charge on any atom is -0.452 e. The van der Waals surface area contributed by atoms with Crippen LogP contribution >= 0.6 is 0 Å². The summed E-state index contributed by atoms with van der Waals surface area (Å²) < 4.78 is 5.19. The Kier molecular flexibility index (Phi) is 7.63. The minimum atomic E-state index is -0.785. The Balaban J connectivity index is 1.68. The maximum atomic E-state index is 12.0. The number of carbonyl (C=O) groups is 2. The number of nitrogens with zero attached hydrogens (tertiary/aromatic N) is 2. The number of ether oxygens (including phenoxy) is 1. The second kappa shape index (κ2) is 9.96. The van der Waals surface area contributed by atoms with E-state index in [2.05, 4.69) is 33.8 Å². The van der Waals surface area contributed by atoms with Crippen molar-refractivity contribution in [3.8, 4) is 0 Å². The molecule has 1 saturated heterocycles. The molecule has 1 amide bonds. The fraction of sp³-hybridized carbons (Fsp3) is 0.474. The van der Waals surface area contributed by atoms with Gasteiger partial charge in [-0.15, -0.1) is 6.58 Å². The molecule has 0 bridgehead atoms. The van der Waals surface area contributed by atoms with E-state index in [-0.39, 0.29) is 18.4 Å². The van der Waals surface area contributed by atoms with Crippen LogP contribution in [-0.2, 0) is 20.9 Å². The first-order chi connectivity index (χ1) is 12.1. The lowest BCUT2D eigenvalue weighted by Gasteiger charge is -2.34. The van der Waals surface area contributed by atoms with Crippen molar-refractivity contribution in [2.45, 2.75) is 19.6 Å². The Hall–Kier alpha value is -2.18. The second-order valence-electron chi connectivity index (χ2n) is 6.20. The first-order valence-electron chi connectivity index (χ1n) is 8.65. The van der Waals surface area contributed by atoms with Crippen molar-refractivity contribution in [1.82, 2.24) is 15.1 Å². The standard InChI is InChI=1S/C19H27N3O3/c1-3-9-20-19(24)16(2)25-18(23)15-22-12-10-21(11-13-22)14-17-7-5-4-6-8-17/h3-8,16H,1,9-15H2,2H3,(H,20,24). The van der Waals surface area contributed by atoms with Crippen molar-refractivity contribution in [2.24, 2.45) is 0 Å². The number of amides is 1. The monoisotopic (exact) mass is 345 g/mol. The third kappa shape index (κ3) is 6.68. The van der Waals surface area contributed by atoms with Crippen molar-refractivity contribution in [3.05, 3.63) is 48.6 Å². The van der Waals surface area contributed by atoms with Gasteiger partial charge >= 0.3 is 5.97 Å². The van der Waals surface area contributed by atoms with Gasteiger partial charge in [0.25, 0.3) is 5.91 Å². The van der Waals surface area contributed by atoms with Crippen molar-refractivity contribution >= 4 is 11.9 Å². The molecular weight excluding hydrogens is 318 g/mol. The minimum absolute atomic E-state index is 0.220. The Morgan fingerprint density at radius 2 is 1.84 bits per heavy atom. The summed E-state index contributed by atoms with van der Waals surface area (Å²) in [6, 6.07) is 10.4. The number of carbonyl (C=O) groups excluding carboxylic acids is 2. The molecule has 1 heterocycles. The third-order valence-corrected chi connectivity index (χ3v) is 4.16. The molecule has 25 heavy (non-hydrogen) atoms. The quantitative estimate of drug-likeness (QED) is 0.563. The molecule has 0 aliphatic carbocycles. The molecule has 2 rings (SSSR count). The highest BCUT2D eigenvalue weighted by molar-refractivity contribution is 5.83. The van der Waals surface area contributed by atoms with Gasteiger partial charge in [0.05, 0.1) is 6.54 Å². The molecular formula is C19H27N3O3. The molecule has 6 heteroatoms. The van der Waals surface area contributed by atoms with Gasteiger partial charge in [-0.05, 0) is 12.5 Å². The average molecular weight is 345 g/mol. The summed E-state index contributed by atoms with van der Waals surface area (Å²) in [5, 5.41) is 2.62. The highest BCUT2D eigenvalue weighted by Gasteiger charge is 2.22. The summed E-state index contributed by atoms with van der Waals surface area (Å²) in [5.41, 5.74) is 1.30. The van der Waals surface area contributed by atoms with Gasteiger partial charge in [-0.1, -0.05) is 36.4 Å². The van der Waals surface area contributed by atoms with Crippen LogP contribution in [0.5, 0.6) is 0 Å². The predicted molar refractivity (Wildman–Crippen MR) is 96.9 cm³/mol. The van der Waals surface area contributed by atoms with Gasteiger partial charge in [0.2, 0.25) is 0 Å². The van der Waals surface area contributed by atoms with Crippen LogP contribution in [0.4, 0.5) is 0 Å². The van der Waals surface area contributed by atoms with Gasteiger partial charge in [0, 0.05) is 39.3 Å². The van der Waals surface area contributed by atoms with E-state index in [1.54, 1.807) is 13.0 Å². The molecule has 1 aromatic carbocycles. The molecule has 6 nitrogen and oxygen atoms in total. The number of esters is 1. The average Bonchev–Trinajstić information content (AvgIpc) is 2.62. The maximum Gasteiger partial charge on any atom is 0.320 e. The van der Waals surface area contributed by atoms with Crippen LogP contribution in [0.15, 0.2) is 43.0 Å². The SMILES string of the molecule is C=CCNC(=O)C(C)OC(=O)CN1CCN(Cc2ccccc2)CC1. The Bertz CT molecular complexity index is 569. The smallest absolute Gasteiger partial charge is 0.320 e. The van der Waals surface area contributed by atoms with Gasteiger partial charge in [-0.25, -0.2) is 0 Å². The summed E-state index contributed by atoms with van der Waals surface area (Å²) in [6.45, 7) is 10.1. The first kappa shape index (κ1) is 19.1. The second-order valence-corrected chi connectivity index (χ2v) is 6.20. The molecule has 1 aliphatic rings. The van der Waals surface area contributed by atoms with E-state index in [1.165, 1.54) is 5.56 Å². The molecule has 0 saturated carbocycles. The number of hydrogen-bond acceptors (Lipinski definition) is 5. The normalized spacial score (nSPS) is 16.8.